The Labute approximate surface area is 147 Å². The second kappa shape index (κ2) is 6.88. The van der Waals surface area contributed by atoms with Gasteiger partial charge >= 0.3 is 0 Å². The summed E-state index contributed by atoms with van der Waals surface area (Å²) in [5.41, 5.74) is 4.19. The molecule has 0 aromatic heterocycles. The van der Waals surface area contributed by atoms with Gasteiger partial charge in [-0.05, 0) is 36.6 Å². The smallest absolute Gasteiger partial charge is 0.252 e. The lowest BCUT2D eigenvalue weighted by molar-refractivity contribution is 0.408. The molecule has 0 aliphatic carbocycles. The van der Waals surface area contributed by atoms with Gasteiger partial charge in [-0.2, -0.15) is 4.41 Å². The Morgan fingerprint density at radius 3 is 2.35 bits per heavy atom. The van der Waals surface area contributed by atoms with E-state index in [0.29, 0.717) is 16.7 Å². The van der Waals surface area contributed by atoms with Crippen LogP contribution in [0.1, 0.15) is 13.3 Å². The normalized spacial score (nSPS) is 20.7. The molecule has 1 saturated heterocycles. The number of hydrazine groups is 1. The summed E-state index contributed by atoms with van der Waals surface area (Å²) in [4.78, 5) is 2.11. The lowest BCUT2D eigenvalue weighted by atomic mass is 10.2. The minimum absolute atomic E-state index is 0.0874. The third kappa shape index (κ3) is 4.62. The van der Waals surface area contributed by atoms with Crippen molar-refractivity contribution in [3.05, 3.63) is 28.2 Å². The van der Waals surface area contributed by atoms with Crippen LogP contribution in [0.3, 0.4) is 0 Å². The molecule has 1 unspecified atom stereocenters. The van der Waals surface area contributed by atoms with Crippen molar-refractivity contribution < 1.29 is 0 Å². The van der Waals surface area contributed by atoms with Gasteiger partial charge in [0, 0.05) is 15.7 Å². The molecule has 20 heavy (non-hydrogen) atoms. The lowest BCUT2D eigenvalue weighted by Gasteiger charge is -2.24. The van der Waals surface area contributed by atoms with E-state index in [1.807, 2.05) is 12.1 Å². The molecule has 3 nitrogen and oxygen atoms in total. The molecule has 0 amide bonds. The highest BCUT2D eigenvalue weighted by atomic mass is 35.6. The number of benzene rings is 1. The monoisotopic (exact) mass is 393 g/mol. The van der Waals surface area contributed by atoms with Crippen LogP contribution in [0.15, 0.2) is 18.2 Å². The molecule has 9 heteroatoms. The van der Waals surface area contributed by atoms with E-state index in [9.17, 15) is 0 Å². The molecule has 1 atom stereocenters. The van der Waals surface area contributed by atoms with Gasteiger partial charge in [-0.25, -0.2) is 5.43 Å². The van der Waals surface area contributed by atoms with Gasteiger partial charge in [0.15, 0.2) is 0 Å². The summed E-state index contributed by atoms with van der Waals surface area (Å²) in [5.74, 6) is 0. The Bertz CT molecular complexity index is 461. The van der Waals surface area contributed by atoms with Crippen LogP contribution in [0.25, 0.3) is 0 Å². The molecule has 112 valence electrons. The van der Waals surface area contributed by atoms with Crippen molar-refractivity contribution >= 4 is 75.6 Å². The van der Waals surface area contributed by atoms with Crippen LogP contribution in [0, 0.1) is 0 Å². The van der Waals surface area contributed by atoms with E-state index in [2.05, 4.69) is 17.2 Å². The van der Waals surface area contributed by atoms with E-state index in [0.717, 1.165) is 24.1 Å². The predicted octanol–water partition coefficient (Wildman–Crippen LogP) is 5.29. The highest BCUT2D eigenvalue weighted by Crippen LogP contribution is 2.42. The van der Waals surface area contributed by atoms with E-state index in [1.165, 1.54) is 0 Å². The van der Waals surface area contributed by atoms with Gasteiger partial charge in [-0.1, -0.05) is 64.9 Å². The van der Waals surface area contributed by atoms with Crippen molar-refractivity contribution in [3.63, 3.8) is 0 Å². The topological polar surface area (TPSA) is 18.5 Å². The van der Waals surface area contributed by atoms with Crippen molar-refractivity contribution in [3.8, 4) is 0 Å². The molecule has 1 heterocycles. The van der Waals surface area contributed by atoms with Crippen LogP contribution in [0.2, 0.25) is 10.0 Å². The Kier molecular flexibility index (Phi) is 5.88. The molecule has 1 aliphatic rings. The van der Waals surface area contributed by atoms with Crippen LogP contribution >= 0.6 is 70.0 Å². The highest BCUT2D eigenvalue weighted by Gasteiger charge is 2.34. The van der Waals surface area contributed by atoms with Crippen molar-refractivity contribution in [2.75, 3.05) is 11.6 Å². The highest BCUT2D eigenvalue weighted by molar-refractivity contribution is 8.02. The van der Waals surface area contributed by atoms with Crippen LogP contribution in [-0.2, 0) is 0 Å². The maximum absolute atomic E-state index is 6.05. The van der Waals surface area contributed by atoms with Crippen molar-refractivity contribution in [1.29, 1.82) is 0 Å². The molecule has 0 spiro atoms. The Morgan fingerprint density at radius 2 is 1.85 bits per heavy atom. The average Bonchev–Trinajstić information content (AvgIpc) is 2.68. The second-order valence-corrected chi connectivity index (χ2v) is 9.27. The van der Waals surface area contributed by atoms with Crippen LogP contribution in [0.5, 0.6) is 0 Å². The number of hydrogen-bond acceptors (Lipinski definition) is 4. The molecule has 2 rings (SSSR count). The summed E-state index contributed by atoms with van der Waals surface area (Å²) in [7, 11) is 0. The number of nitrogens with one attached hydrogen (secondary N) is 1. The lowest BCUT2D eigenvalue weighted by Crippen LogP contribution is -2.36. The fraction of sp³-hybridized carbons (Fsp3) is 0.455. The largest absolute Gasteiger partial charge is 0.339 e. The molecule has 1 aliphatic heterocycles. The molecule has 0 saturated carbocycles. The standard InChI is InChI=1S/C11H12Cl5N3S/c1-2-10-17-19(20-11(14,15)16)6-18(10)9-4-7(12)3-8(13)5-9/h3-5,10,17H,2,6H2,1H3. The summed E-state index contributed by atoms with van der Waals surface area (Å²) >= 11 is 30.6. The first-order chi connectivity index (χ1) is 9.28. The molecule has 1 aromatic carbocycles. The minimum atomic E-state index is -1.41. The number of alkyl halides is 3. The van der Waals surface area contributed by atoms with E-state index >= 15 is 0 Å². The zero-order valence-corrected chi connectivity index (χ0v) is 15.0. The van der Waals surface area contributed by atoms with E-state index in [-0.39, 0.29) is 6.17 Å². The van der Waals surface area contributed by atoms with Gasteiger partial charge in [0.2, 0.25) is 0 Å². The average molecular weight is 396 g/mol. The quantitative estimate of drug-likeness (QED) is 0.553. The molecular weight excluding hydrogens is 383 g/mol. The first-order valence-corrected chi connectivity index (χ1v) is 8.47. The predicted molar refractivity (Wildman–Crippen MR) is 90.7 cm³/mol. The molecule has 1 fully saturated rings. The van der Waals surface area contributed by atoms with Crippen LogP contribution in [0.4, 0.5) is 5.69 Å². The Hall–Kier alpha value is 0.740. The van der Waals surface area contributed by atoms with Gasteiger partial charge in [0.1, 0.15) is 0 Å². The van der Waals surface area contributed by atoms with E-state index < -0.39 is 3.12 Å². The van der Waals surface area contributed by atoms with Gasteiger partial charge in [0.05, 0.1) is 12.8 Å². The van der Waals surface area contributed by atoms with Crippen LogP contribution < -0.4 is 10.3 Å². The van der Waals surface area contributed by atoms with Crippen molar-refractivity contribution in [2.24, 2.45) is 0 Å². The fourth-order valence-corrected chi connectivity index (χ4v) is 3.84. The second-order valence-electron chi connectivity index (χ2n) is 4.21. The van der Waals surface area contributed by atoms with Crippen molar-refractivity contribution in [1.82, 2.24) is 9.84 Å². The molecule has 0 bridgehead atoms. The third-order valence-corrected chi connectivity index (χ3v) is 4.44. The third-order valence-electron chi connectivity index (χ3n) is 2.73. The Morgan fingerprint density at radius 1 is 1.25 bits per heavy atom. The van der Waals surface area contributed by atoms with Crippen molar-refractivity contribution in [2.45, 2.75) is 22.6 Å². The minimum Gasteiger partial charge on any atom is -0.339 e. The summed E-state index contributed by atoms with van der Waals surface area (Å²) < 4.78 is 0.378. The zero-order valence-electron chi connectivity index (χ0n) is 10.4. The van der Waals surface area contributed by atoms with Gasteiger partial charge in [-0.3, -0.25) is 0 Å². The first kappa shape index (κ1) is 17.1. The molecule has 1 N–H and O–H groups in total. The molecular formula is C11H12Cl5N3S. The maximum atomic E-state index is 6.05. The summed E-state index contributed by atoms with van der Waals surface area (Å²) in [5, 5.41) is 1.18. The first-order valence-electron chi connectivity index (χ1n) is 5.81. The van der Waals surface area contributed by atoms with Crippen LogP contribution in [-0.4, -0.2) is 20.4 Å². The molecule has 0 radical (unpaired) electrons. The number of anilines is 1. The summed E-state index contributed by atoms with van der Waals surface area (Å²) in [6, 6.07) is 5.42. The number of nitrogens with zero attached hydrogens (tertiary/aromatic N) is 2. The summed E-state index contributed by atoms with van der Waals surface area (Å²) in [6.07, 6.45) is 0.963. The van der Waals surface area contributed by atoms with E-state index in [1.54, 1.807) is 10.5 Å². The van der Waals surface area contributed by atoms with Gasteiger partial charge in [-0.15, -0.1) is 0 Å². The number of halogens is 5. The van der Waals surface area contributed by atoms with Gasteiger partial charge < -0.3 is 4.90 Å². The Balaban J connectivity index is 2.18. The summed E-state index contributed by atoms with van der Waals surface area (Å²) in [6.45, 7) is 2.62. The SMILES string of the molecule is CCC1NN(SC(Cl)(Cl)Cl)CN1c1cc(Cl)cc(Cl)c1. The van der Waals surface area contributed by atoms with Gasteiger partial charge in [0.25, 0.3) is 3.12 Å². The maximum Gasteiger partial charge on any atom is 0.252 e. The number of rotatable bonds is 3. The van der Waals surface area contributed by atoms with E-state index in [4.69, 9.17) is 58.0 Å². The zero-order chi connectivity index (χ0) is 14.9. The molecule has 1 aromatic rings. The fourth-order valence-electron chi connectivity index (χ4n) is 1.97. The number of hydrogen-bond donors (Lipinski definition) is 1.